The molecule has 0 aromatic carbocycles. The predicted octanol–water partition coefficient (Wildman–Crippen LogP) is 2.37. The first kappa shape index (κ1) is 15.4. The number of halogens is 1. The summed E-state index contributed by atoms with van der Waals surface area (Å²) in [6.45, 7) is 5.19. The van der Waals surface area contributed by atoms with Crippen molar-refractivity contribution in [1.29, 1.82) is 0 Å². The lowest BCUT2D eigenvalue weighted by Crippen LogP contribution is -2.16. The summed E-state index contributed by atoms with van der Waals surface area (Å²) in [7, 11) is 3.99. The summed E-state index contributed by atoms with van der Waals surface area (Å²) in [5.41, 5.74) is 0. The quantitative estimate of drug-likeness (QED) is 0.667. The molecule has 0 atom stereocenters. The van der Waals surface area contributed by atoms with Gasteiger partial charge in [0, 0.05) is 19.4 Å². The van der Waals surface area contributed by atoms with Crippen molar-refractivity contribution in [2.45, 2.75) is 33.1 Å². The van der Waals surface area contributed by atoms with Crippen LogP contribution < -0.4 is 0 Å². The minimum Gasteiger partial charge on any atom is -0.309 e. The lowest BCUT2D eigenvalue weighted by Gasteiger charge is -2.08. The van der Waals surface area contributed by atoms with Crippen LogP contribution in [0.25, 0.3) is 0 Å². The molecule has 13 heavy (non-hydrogen) atoms. The van der Waals surface area contributed by atoms with Crippen molar-refractivity contribution in [2.24, 2.45) is 5.92 Å². The van der Waals surface area contributed by atoms with Crippen molar-refractivity contribution in [2.75, 3.05) is 20.6 Å². The van der Waals surface area contributed by atoms with E-state index in [0.29, 0.717) is 18.1 Å². The predicted molar refractivity (Wildman–Crippen MR) is 59.5 cm³/mol. The molecule has 0 N–H and O–H groups in total. The maximum Gasteiger partial charge on any atom is 0.134 e. The summed E-state index contributed by atoms with van der Waals surface area (Å²) in [5.74, 6) is 1.05. The molecule has 0 aliphatic rings. The smallest absolute Gasteiger partial charge is 0.134 e. The molecule has 2 nitrogen and oxygen atoms in total. The maximum absolute atomic E-state index is 11.2. The summed E-state index contributed by atoms with van der Waals surface area (Å²) in [6, 6.07) is 0. The molecule has 0 saturated carbocycles. The highest BCUT2D eigenvalue weighted by Crippen LogP contribution is 2.05. The molecule has 0 spiro atoms. The van der Waals surface area contributed by atoms with Crippen LogP contribution in [-0.4, -0.2) is 31.3 Å². The number of rotatable bonds is 6. The number of hydrogen-bond donors (Lipinski definition) is 0. The third-order valence-electron chi connectivity index (χ3n) is 1.84. The molecule has 3 heteroatoms. The molecule has 0 aliphatic carbocycles. The monoisotopic (exact) mass is 207 g/mol. The van der Waals surface area contributed by atoms with Crippen molar-refractivity contribution < 1.29 is 4.79 Å². The molecule has 0 saturated heterocycles. The van der Waals surface area contributed by atoms with Gasteiger partial charge in [-0.2, -0.15) is 0 Å². The minimum atomic E-state index is 0. The third-order valence-corrected chi connectivity index (χ3v) is 1.84. The molecule has 0 radical (unpaired) electrons. The number of hydrogen-bond acceptors (Lipinski definition) is 2. The van der Waals surface area contributed by atoms with E-state index >= 15 is 0 Å². The van der Waals surface area contributed by atoms with Crippen molar-refractivity contribution in [1.82, 2.24) is 4.90 Å². The van der Waals surface area contributed by atoms with E-state index < -0.39 is 0 Å². The van der Waals surface area contributed by atoms with Crippen LogP contribution in [0.5, 0.6) is 0 Å². The minimum absolute atomic E-state index is 0. The van der Waals surface area contributed by atoms with Gasteiger partial charge in [-0.15, -0.1) is 12.4 Å². The maximum atomic E-state index is 11.2. The first-order valence-corrected chi connectivity index (χ1v) is 4.68. The third kappa shape index (κ3) is 11.9. The molecule has 0 fully saturated rings. The number of ketones is 1. The fraction of sp³-hybridized carbons (Fsp3) is 0.900. The first-order valence-electron chi connectivity index (χ1n) is 4.68. The number of carbonyl (C=O) groups is 1. The van der Waals surface area contributed by atoms with Gasteiger partial charge in [0.2, 0.25) is 0 Å². The normalized spacial score (nSPS) is 10.3. The molecular weight excluding hydrogens is 186 g/mol. The molecule has 0 aromatic rings. The second kappa shape index (κ2) is 8.52. The van der Waals surface area contributed by atoms with E-state index in [0.717, 1.165) is 19.4 Å². The average Bonchev–Trinajstić information content (AvgIpc) is 1.96. The zero-order valence-corrected chi connectivity index (χ0v) is 9.99. The Balaban J connectivity index is 0. The Morgan fingerprint density at radius 3 is 2.15 bits per heavy atom. The molecule has 0 unspecified atom stereocenters. The van der Waals surface area contributed by atoms with Crippen LogP contribution in [-0.2, 0) is 4.79 Å². The Morgan fingerprint density at radius 1 is 1.23 bits per heavy atom. The number of nitrogens with zero attached hydrogens (tertiary/aromatic N) is 1. The summed E-state index contributed by atoms with van der Waals surface area (Å²) < 4.78 is 0. The zero-order chi connectivity index (χ0) is 9.56. The molecule has 0 amide bonds. The highest BCUT2D eigenvalue weighted by atomic mass is 35.5. The summed E-state index contributed by atoms with van der Waals surface area (Å²) in [6.07, 6.45) is 2.50. The summed E-state index contributed by atoms with van der Waals surface area (Å²) >= 11 is 0. The van der Waals surface area contributed by atoms with Gasteiger partial charge in [-0.05, 0) is 26.4 Å². The second-order valence-corrected chi connectivity index (χ2v) is 4.02. The van der Waals surface area contributed by atoms with Gasteiger partial charge in [-0.25, -0.2) is 0 Å². The van der Waals surface area contributed by atoms with E-state index in [2.05, 4.69) is 13.8 Å². The molecule has 0 heterocycles. The van der Waals surface area contributed by atoms with Gasteiger partial charge in [-0.1, -0.05) is 13.8 Å². The molecule has 0 bridgehead atoms. The zero-order valence-electron chi connectivity index (χ0n) is 9.17. The van der Waals surface area contributed by atoms with Crippen molar-refractivity contribution in [3.05, 3.63) is 0 Å². The van der Waals surface area contributed by atoms with Gasteiger partial charge >= 0.3 is 0 Å². The fourth-order valence-electron chi connectivity index (χ4n) is 0.923. The average molecular weight is 208 g/mol. The van der Waals surface area contributed by atoms with Gasteiger partial charge in [0.15, 0.2) is 0 Å². The SMILES string of the molecule is CC(C)CCC(=O)CCN(C)C.Cl. The van der Waals surface area contributed by atoms with Crippen molar-refractivity contribution in [3.8, 4) is 0 Å². The van der Waals surface area contributed by atoms with Gasteiger partial charge in [0.25, 0.3) is 0 Å². The molecule has 80 valence electrons. The van der Waals surface area contributed by atoms with E-state index in [9.17, 15) is 4.79 Å². The first-order chi connectivity index (χ1) is 5.52. The molecule has 0 aromatic heterocycles. The van der Waals surface area contributed by atoms with Crippen LogP contribution >= 0.6 is 12.4 Å². The van der Waals surface area contributed by atoms with E-state index in [1.54, 1.807) is 0 Å². The highest BCUT2D eigenvalue weighted by Gasteiger charge is 2.03. The van der Waals surface area contributed by atoms with Crippen LogP contribution in [0.2, 0.25) is 0 Å². The van der Waals surface area contributed by atoms with Crippen LogP contribution in [0.1, 0.15) is 33.1 Å². The highest BCUT2D eigenvalue weighted by molar-refractivity contribution is 5.85. The van der Waals surface area contributed by atoms with Crippen LogP contribution in [0, 0.1) is 5.92 Å². The molecule has 0 aliphatic heterocycles. The molecular formula is C10H22ClNO. The van der Waals surface area contributed by atoms with E-state index in [4.69, 9.17) is 0 Å². The van der Waals surface area contributed by atoms with Crippen molar-refractivity contribution >= 4 is 18.2 Å². The second-order valence-electron chi connectivity index (χ2n) is 4.02. The Hall–Kier alpha value is -0.0800. The summed E-state index contributed by atoms with van der Waals surface area (Å²) in [5, 5.41) is 0. The topological polar surface area (TPSA) is 20.3 Å². The largest absolute Gasteiger partial charge is 0.309 e. The van der Waals surface area contributed by atoms with Crippen LogP contribution in [0.3, 0.4) is 0 Å². The van der Waals surface area contributed by atoms with Gasteiger partial charge in [0.05, 0.1) is 0 Å². The standard InChI is InChI=1S/C10H21NO.ClH/c1-9(2)5-6-10(12)7-8-11(3)4;/h9H,5-8H2,1-4H3;1H. The fourth-order valence-corrected chi connectivity index (χ4v) is 0.923. The Labute approximate surface area is 88.1 Å². The van der Waals surface area contributed by atoms with Gasteiger partial charge in [0.1, 0.15) is 5.78 Å². The van der Waals surface area contributed by atoms with Gasteiger partial charge in [-0.3, -0.25) is 4.79 Å². The van der Waals surface area contributed by atoms with E-state index in [-0.39, 0.29) is 12.4 Å². The Morgan fingerprint density at radius 2 is 1.77 bits per heavy atom. The number of carbonyl (C=O) groups excluding carboxylic acids is 1. The van der Waals surface area contributed by atoms with Gasteiger partial charge < -0.3 is 4.90 Å². The lowest BCUT2D eigenvalue weighted by molar-refractivity contribution is -0.119. The lowest BCUT2D eigenvalue weighted by atomic mass is 10.0. The Kier molecular flexibility index (Phi) is 10.1. The van der Waals surface area contributed by atoms with E-state index in [1.165, 1.54) is 0 Å². The number of Topliss-reactive ketones (excluding diaryl/α,β-unsaturated/α-hetero) is 1. The van der Waals surface area contributed by atoms with E-state index in [1.807, 2.05) is 19.0 Å². The summed E-state index contributed by atoms with van der Waals surface area (Å²) in [4.78, 5) is 13.3. The van der Waals surface area contributed by atoms with Crippen LogP contribution in [0.15, 0.2) is 0 Å². The Bertz CT molecular complexity index is 121. The van der Waals surface area contributed by atoms with Crippen LogP contribution in [0.4, 0.5) is 0 Å². The van der Waals surface area contributed by atoms with Crippen molar-refractivity contribution in [3.63, 3.8) is 0 Å². The molecule has 0 rings (SSSR count).